The van der Waals surface area contributed by atoms with Crippen LogP contribution in [0.3, 0.4) is 0 Å². The van der Waals surface area contributed by atoms with Crippen molar-refractivity contribution in [2.24, 2.45) is 0 Å². The number of rotatable bonds is 8. The van der Waals surface area contributed by atoms with Gasteiger partial charge >= 0.3 is 0 Å². The van der Waals surface area contributed by atoms with Crippen molar-refractivity contribution in [1.29, 1.82) is 0 Å². The molecule has 0 N–H and O–H groups in total. The second-order valence-corrected chi connectivity index (χ2v) is 8.51. The molecule has 3 rings (SSSR count). The summed E-state index contributed by atoms with van der Waals surface area (Å²) in [5.74, 6) is 0.0274. The lowest BCUT2D eigenvalue weighted by molar-refractivity contribution is -0.134. The number of morpholine rings is 1. The van der Waals surface area contributed by atoms with E-state index < -0.39 is 0 Å². The Morgan fingerprint density at radius 3 is 2.86 bits per heavy atom. The van der Waals surface area contributed by atoms with Crippen molar-refractivity contribution in [3.05, 3.63) is 33.6 Å². The highest BCUT2D eigenvalue weighted by molar-refractivity contribution is 8.00. The van der Waals surface area contributed by atoms with Crippen LogP contribution in [0.4, 0.5) is 0 Å². The standard InChI is InChI=1S/C20H26ClN3O4S/c1-3-27-10-4-7-24-19(26)16-6-5-15(21)13-17(16)22-20(24)29-14(2)18(25)23-8-11-28-12-9-23/h5-6,13-14H,3-4,7-12H2,1-2H3. The molecule has 1 aliphatic heterocycles. The van der Waals surface area contributed by atoms with Crippen LogP contribution in [0.2, 0.25) is 5.02 Å². The van der Waals surface area contributed by atoms with Gasteiger partial charge in [0.1, 0.15) is 0 Å². The largest absolute Gasteiger partial charge is 0.382 e. The van der Waals surface area contributed by atoms with Crippen LogP contribution in [0, 0.1) is 0 Å². The SMILES string of the molecule is CCOCCCn1c(SC(C)C(=O)N2CCOCC2)nc2cc(Cl)ccc2c1=O. The predicted molar refractivity (Wildman–Crippen MR) is 115 cm³/mol. The molecule has 0 bridgehead atoms. The highest BCUT2D eigenvalue weighted by atomic mass is 35.5. The third kappa shape index (κ3) is 5.51. The molecule has 0 spiro atoms. The average Bonchev–Trinajstić information content (AvgIpc) is 2.72. The van der Waals surface area contributed by atoms with Gasteiger partial charge in [0.05, 0.1) is 29.4 Å². The molecule has 9 heteroatoms. The molecule has 1 fully saturated rings. The van der Waals surface area contributed by atoms with Gasteiger partial charge in [-0.25, -0.2) is 4.98 Å². The monoisotopic (exact) mass is 439 g/mol. The van der Waals surface area contributed by atoms with Crippen molar-refractivity contribution >= 4 is 40.2 Å². The van der Waals surface area contributed by atoms with E-state index in [2.05, 4.69) is 4.98 Å². The van der Waals surface area contributed by atoms with Gasteiger partial charge in [-0.3, -0.25) is 14.2 Å². The molecule has 158 valence electrons. The van der Waals surface area contributed by atoms with Crippen LogP contribution in [0.25, 0.3) is 10.9 Å². The molecule has 7 nitrogen and oxygen atoms in total. The molecule has 1 aromatic heterocycles. The van der Waals surface area contributed by atoms with Crippen LogP contribution < -0.4 is 5.56 Å². The minimum absolute atomic E-state index is 0.0274. The summed E-state index contributed by atoms with van der Waals surface area (Å²) in [6, 6.07) is 5.07. The zero-order chi connectivity index (χ0) is 20.8. The number of hydrogen-bond donors (Lipinski definition) is 0. The van der Waals surface area contributed by atoms with Gasteiger partial charge in [-0.15, -0.1) is 0 Å². The van der Waals surface area contributed by atoms with Gasteiger partial charge in [0.25, 0.3) is 5.56 Å². The first kappa shape index (κ1) is 22.1. The summed E-state index contributed by atoms with van der Waals surface area (Å²) in [7, 11) is 0. The fourth-order valence-electron chi connectivity index (χ4n) is 3.18. The number of thioether (sulfide) groups is 1. The van der Waals surface area contributed by atoms with Gasteiger partial charge in [0.15, 0.2) is 5.16 Å². The lowest BCUT2D eigenvalue weighted by Crippen LogP contribution is -2.44. The summed E-state index contributed by atoms with van der Waals surface area (Å²) < 4.78 is 12.4. The van der Waals surface area contributed by atoms with Crippen LogP contribution in [-0.4, -0.2) is 65.1 Å². The van der Waals surface area contributed by atoms with E-state index in [1.807, 2.05) is 13.8 Å². The number of amides is 1. The molecule has 29 heavy (non-hydrogen) atoms. The van der Waals surface area contributed by atoms with Crippen LogP contribution in [0.15, 0.2) is 28.2 Å². The highest BCUT2D eigenvalue weighted by Crippen LogP contribution is 2.25. The van der Waals surface area contributed by atoms with Gasteiger partial charge in [0, 0.05) is 37.9 Å². The fraction of sp³-hybridized carbons (Fsp3) is 0.550. The Balaban J connectivity index is 1.88. The number of fused-ring (bicyclic) bond motifs is 1. The van der Waals surface area contributed by atoms with E-state index in [4.69, 9.17) is 21.1 Å². The highest BCUT2D eigenvalue weighted by Gasteiger charge is 2.25. The predicted octanol–water partition coefficient (Wildman–Crippen LogP) is 2.82. The molecule has 1 atom stereocenters. The molecule has 1 saturated heterocycles. The maximum atomic E-state index is 13.1. The molecule has 0 saturated carbocycles. The van der Waals surface area contributed by atoms with Crippen molar-refractivity contribution in [2.75, 3.05) is 39.5 Å². The third-order valence-corrected chi connectivity index (χ3v) is 6.02. The zero-order valence-electron chi connectivity index (χ0n) is 16.7. The summed E-state index contributed by atoms with van der Waals surface area (Å²) in [6.45, 7) is 7.75. The second-order valence-electron chi connectivity index (χ2n) is 6.76. The maximum absolute atomic E-state index is 13.1. The van der Waals surface area contributed by atoms with Crippen molar-refractivity contribution in [1.82, 2.24) is 14.5 Å². The number of benzene rings is 1. The summed E-state index contributed by atoms with van der Waals surface area (Å²) in [5, 5.41) is 1.19. The minimum atomic E-state index is -0.366. The normalized spacial score (nSPS) is 15.6. The Morgan fingerprint density at radius 2 is 2.14 bits per heavy atom. The van der Waals surface area contributed by atoms with E-state index in [1.54, 1.807) is 27.7 Å². The first-order chi connectivity index (χ1) is 14.0. The summed E-state index contributed by atoms with van der Waals surface area (Å²) in [5.41, 5.74) is 0.411. The average molecular weight is 440 g/mol. The first-order valence-electron chi connectivity index (χ1n) is 9.82. The summed E-state index contributed by atoms with van der Waals surface area (Å²) in [4.78, 5) is 32.4. The van der Waals surface area contributed by atoms with Crippen molar-refractivity contribution < 1.29 is 14.3 Å². The number of halogens is 1. The van der Waals surface area contributed by atoms with Crippen LogP contribution in [0.1, 0.15) is 20.3 Å². The first-order valence-corrected chi connectivity index (χ1v) is 11.1. The fourth-order valence-corrected chi connectivity index (χ4v) is 4.36. The van der Waals surface area contributed by atoms with E-state index in [1.165, 1.54) is 11.8 Å². The zero-order valence-corrected chi connectivity index (χ0v) is 18.3. The minimum Gasteiger partial charge on any atom is -0.382 e. The number of carbonyl (C=O) groups excluding carboxylic acids is 1. The maximum Gasteiger partial charge on any atom is 0.262 e. The lowest BCUT2D eigenvalue weighted by atomic mass is 10.2. The smallest absolute Gasteiger partial charge is 0.262 e. The third-order valence-electron chi connectivity index (χ3n) is 4.71. The molecule has 2 aromatic rings. The Hall–Kier alpha value is -1.61. The number of aromatic nitrogens is 2. The molecular weight excluding hydrogens is 414 g/mol. The molecule has 1 aliphatic rings. The Morgan fingerprint density at radius 1 is 1.38 bits per heavy atom. The van der Waals surface area contributed by atoms with E-state index in [0.29, 0.717) is 73.6 Å². The van der Waals surface area contributed by atoms with E-state index in [-0.39, 0.29) is 16.7 Å². The summed E-state index contributed by atoms with van der Waals surface area (Å²) >= 11 is 7.40. The van der Waals surface area contributed by atoms with Crippen LogP contribution in [-0.2, 0) is 20.8 Å². The number of ether oxygens (including phenoxy) is 2. The van der Waals surface area contributed by atoms with E-state index in [9.17, 15) is 9.59 Å². The Labute approximate surface area is 179 Å². The number of hydrogen-bond acceptors (Lipinski definition) is 6. The van der Waals surface area contributed by atoms with Crippen molar-refractivity contribution in [2.45, 2.75) is 37.2 Å². The molecule has 1 amide bonds. The number of nitrogens with zero attached hydrogens (tertiary/aromatic N) is 3. The molecule has 2 heterocycles. The van der Waals surface area contributed by atoms with E-state index >= 15 is 0 Å². The number of carbonyl (C=O) groups is 1. The van der Waals surface area contributed by atoms with Crippen molar-refractivity contribution in [3.8, 4) is 0 Å². The second kappa shape index (κ2) is 10.4. The van der Waals surface area contributed by atoms with Gasteiger partial charge in [0.2, 0.25) is 5.91 Å². The quantitative estimate of drug-likeness (QED) is 0.357. The molecular formula is C20H26ClN3O4S. The Kier molecular flexibility index (Phi) is 7.94. The van der Waals surface area contributed by atoms with Gasteiger partial charge < -0.3 is 14.4 Å². The van der Waals surface area contributed by atoms with Crippen LogP contribution >= 0.6 is 23.4 Å². The van der Waals surface area contributed by atoms with Gasteiger partial charge in [-0.2, -0.15) is 0 Å². The molecule has 0 aliphatic carbocycles. The topological polar surface area (TPSA) is 73.7 Å². The summed E-state index contributed by atoms with van der Waals surface area (Å²) in [6.07, 6.45) is 0.688. The molecule has 1 aromatic carbocycles. The van der Waals surface area contributed by atoms with Gasteiger partial charge in [-0.05, 0) is 38.5 Å². The lowest BCUT2D eigenvalue weighted by Gasteiger charge is -2.29. The Bertz CT molecular complexity index is 914. The molecule has 1 unspecified atom stereocenters. The van der Waals surface area contributed by atoms with Crippen LogP contribution in [0.5, 0.6) is 0 Å². The van der Waals surface area contributed by atoms with E-state index in [0.717, 1.165) is 0 Å². The molecule has 0 radical (unpaired) electrons. The van der Waals surface area contributed by atoms with Crippen molar-refractivity contribution in [3.63, 3.8) is 0 Å². The van der Waals surface area contributed by atoms with Gasteiger partial charge in [-0.1, -0.05) is 23.4 Å².